The number of hydrogen-bond acceptors (Lipinski definition) is 4. The fourth-order valence-corrected chi connectivity index (χ4v) is 2.69. The zero-order valence-corrected chi connectivity index (χ0v) is 12.5. The predicted molar refractivity (Wildman–Crippen MR) is 81.1 cm³/mol. The lowest BCUT2D eigenvalue weighted by Crippen LogP contribution is -2.46. The molecule has 0 saturated carbocycles. The number of piperazine rings is 1. The van der Waals surface area contributed by atoms with Crippen molar-refractivity contribution >= 4 is 33.0 Å². The van der Waals surface area contributed by atoms with Gasteiger partial charge in [0.25, 0.3) is 6.01 Å². The molecule has 1 aromatic heterocycles. The molecule has 0 spiro atoms. The highest BCUT2D eigenvalue weighted by Crippen LogP contribution is 2.22. The molecular formula is C14H18BrN3O. The van der Waals surface area contributed by atoms with E-state index in [0.29, 0.717) is 0 Å². The minimum Gasteiger partial charge on any atom is -0.423 e. The summed E-state index contributed by atoms with van der Waals surface area (Å²) in [6.07, 6.45) is 1.21. The summed E-state index contributed by atoms with van der Waals surface area (Å²) >= 11 is 3.48. The second-order valence-electron chi connectivity index (χ2n) is 4.84. The van der Waals surface area contributed by atoms with Gasteiger partial charge in [-0.1, -0.05) is 28.1 Å². The molecule has 5 heteroatoms. The van der Waals surface area contributed by atoms with Crippen LogP contribution in [0.3, 0.4) is 0 Å². The third kappa shape index (κ3) is 2.92. The first-order valence-corrected chi connectivity index (χ1v) is 7.88. The first kappa shape index (κ1) is 12.9. The summed E-state index contributed by atoms with van der Waals surface area (Å²) < 4.78 is 5.81. The van der Waals surface area contributed by atoms with Crippen LogP contribution in [0.5, 0.6) is 0 Å². The molecule has 4 nitrogen and oxygen atoms in total. The number of rotatable bonds is 4. The van der Waals surface area contributed by atoms with E-state index in [1.54, 1.807) is 0 Å². The van der Waals surface area contributed by atoms with Gasteiger partial charge in [-0.25, -0.2) is 0 Å². The quantitative estimate of drug-likeness (QED) is 0.810. The van der Waals surface area contributed by atoms with Crippen LogP contribution in [0.2, 0.25) is 0 Å². The van der Waals surface area contributed by atoms with Gasteiger partial charge in [0, 0.05) is 31.5 Å². The molecule has 0 aliphatic carbocycles. The van der Waals surface area contributed by atoms with E-state index in [9.17, 15) is 0 Å². The van der Waals surface area contributed by atoms with E-state index in [1.807, 2.05) is 24.3 Å². The van der Waals surface area contributed by atoms with Gasteiger partial charge >= 0.3 is 0 Å². The monoisotopic (exact) mass is 323 g/mol. The Bertz CT molecular complexity index is 501. The molecule has 1 fully saturated rings. The van der Waals surface area contributed by atoms with Gasteiger partial charge in [-0.05, 0) is 25.1 Å². The minimum absolute atomic E-state index is 0.765. The van der Waals surface area contributed by atoms with Crippen LogP contribution in [0, 0.1) is 0 Å². The smallest absolute Gasteiger partial charge is 0.298 e. The van der Waals surface area contributed by atoms with E-state index >= 15 is 0 Å². The second kappa shape index (κ2) is 5.92. The number of aromatic nitrogens is 1. The molecule has 0 unspecified atom stereocenters. The Morgan fingerprint density at radius 1 is 1.16 bits per heavy atom. The van der Waals surface area contributed by atoms with Gasteiger partial charge in [0.1, 0.15) is 5.52 Å². The molecule has 1 aliphatic heterocycles. The van der Waals surface area contributed by atoms with Crippen LogP contribution < -0.4 is 4.90 Å². The molecule has 3 rings (SSSR count). The Labute approximate surface area is 121 Å². The number of halogens is 1. The molecule has 0 atom stereocenters. The van der Waals surface area contributed by atoms with E-state index < -0.39 is 0 Å². The molecule has 19 heavy (non-hydrogen) atoms. The van der Waals surface area contributed by atoms with E-state index in [4.69, 9.17) is 4.42 Å². The zero-order valence-electron chi connectivity index (χ0n) is 10.9. The molecule has 1 aromatic carbocycles. The molecule has 1 aliphatic rings. The first-order chi connectivity index (χ1) is 9.36. The van der Waals surface area contributed by atoms with Crippen LogP contribution in [0.25, 0.3) is 11.1 Å². The van der Waals surface area contributed by atoms with Crippen molar-refractivity contribution in [3.05, 3.63) is 24.3 Å². The Balaban J connectivity index is 1.64. The normalized spacial score (nSPS) is 17.2. The number of fused-ring (bicyclic) bond motifs is 1. The maximum Gasteiger partial charge on any atom is 0.298 e. The summed E-state index contributed by atoms with van der Waals surface area (Å²) in [4.78, 5) is 9.30. The minimum atomic E-state index is 0.765. The van der Waals surface area contributed by atoms with Gasteiger partial charge in [-0.15, -0.1) is 0 Å². The molecule has 102 valence electrons. The first-order valence-electron chi connectivity index (χ1n) is 6.75. The largest absolute Gasteiger partial charge is 0.423 e. The Morgan fingerprint density at radius 3 is 2.68 bits per heavy atom. The van der Waals surface area contributed by atoms with Crippen molar-refractivity contribution < 1.29 is 4.42 Å². The standard InChI is InChI=1S/C14H18BrN3O/c15-6-3-7-17-8-10-18(11-9-17)14-16-12-4-1-2-5-13(12)19-14/h1-2,4-5H,3,6-11H2. The van der Waals surface area contributed by atoms with Crippen molar-refractivity contribution in [2.45, 2.75) is 6.42 Å². The average molecular weight is 324 g/mol. The average Bonchev–Trinajstić information content (AvgIpc) is 2.89. The summed E-state index contributed by atoms with van der Waals surface area (Å²) in [6.45, 7) is 5.34. The predicted octanol–water partition coefficient (Wildman–Crippen LogP) is 2.73. The Kier molecular flexibility index (Phi) is 4.03. The van der Waals surface area contributed by atoms with Crippen LogP contribution >= 0.6 is 15.9 Å². The van der Waals surface area contributed by atoms with Crippen molar-refractivity contribution in [2.24, 2.45) is 0 Å². The van der Waals surface area contributed by atoms with Crippen LogP contribution in [0.1, 0.15) is 6.42 Å². The van der Waals surface area contributed by atoms with Crippen LogP contribution in [-0.4, -0.2) is 47.9 Å². The molecular weight excluding hydrogens is 306 g/mol. The van der Waals surface area contributed by atoms with Crippen molar-refractivity contribution in [2.75, 3.05) is 43.0 Å². The fraction of sp³-hybridized carbons (Fsp3) is 0.500. The Morgan fingerprint density at radius 2 is 1.95 bits per heavy atom. The highest BCUT2D eigenvalue weighted by atomic mass is 79.9. The summed E-state index contributed by atoms with van der Waals surface area (Å²) in [5.41, 5.74) is 1.82. The highest BCUT2D eigenvalue weighted by molar-refractivity contribution is 9.09. The lowest BCUT2D eigenvalue weighted by Gasteiger charge is -2.33. The molecule has 0 bridgehead atoms. The maximum absolute atomic E-state index is 5.81. The molecule has 2 heterocycles. The zero-order chi connectivity index (χ0) is 13.1. The summed E-state index contributed by atoms with van der Waals surface area (Å²) in [5, 5.41) is 1.08. The van der Waals surface area contributed by atoms with Gasteiger partial charge in [0.05, 0.1) is 0 Å². The molecule has 2 aromatic rings. The van der Waals surface area contributed by atoms with Crippen LogP contribution in [-0.2, 0) is 0 Å². The number of para-hydroxylation sites is 2. The topological polar surface area (TPSA) is 32.5 Å². The molecule has 1 saturated heterocycles. The lowest BCUT2D eigenvalue weighted by atomic mass is 10.3. The van der Waals surface area contributed by atoms with Gasteiger partial charge in [0.2, 0.25) is 0 Å². The highest BCUT2D eigenvalue weighted by Gasteiger charge is 2.20. The van der Waals surface area contributed by atoms with E-state index in [0.717, 1.165) is 48.6 Å². The van der Waals surface area contributed by atoms with Gasteiger partial charge in [-0.3, -0.25) is 4.90 Å². The van der Waals surface area contributed by atoms with Gasteiger partial charge in [0.15, 0.2) is 5.58 Å². The molecule has 0 amide bonds. The van der Waals surface area contributed by atoms with Crippen molar-refractivity contribution in [1.29, 1.82) is 0 Å². The van der Waals surface area contributed by atoms with Crippen LogP contribution in [0.15, 0.2) is 28.7 Å². The van der Waals surface area contributed by atoms with E-state index in [-0.39, 0.29) is 0 Å². The third-order valence-corrected chi connectivity index (χ3v) is 4.09. The van der Waals surface area contributed by atoms with Crippen molar-refractivity contribution in [1.82, 2.24) is 9.88 Å². The maximum atomic E-state index is 5.81. The number of anilines is 1. The summed E-state index contributed by atoms with van der Waals surface area (Å²) in [6, 6.07) is 8.70. The number of hydrogen-bond donors (Lipinski definition) is 0. The van der Waals surface area contributed by atoms with Gasteiger partial charge in [-0.2, -0.15) is 4.98 Å². The fourth-order valence-electron chi connectivity index (χ4n) is 2.44. The molecule has 0 radical (unpaired) electrons. The van der Waals surface area contributed by atoms with E-state index in [2.05, 4.69) is 30.7 Å². The van der Waals surface area contributed by atoms with Gasteiger partial charge < -0.3 is 9.32 Å². The summed E-state index contributed by atoms with van der Waals surface area (Å²) in [7, 11) is 0. The number of nitrogens with zero attached hydrogens (tertiary/aromatic N) is 3. The van der Waals surface area contributed by atoms with Crippen molar-refractivity contribution in [3.8, 4) is 0 Å². The number of oxazole rings is 1. The lowest BCUT2D eigenvalue weighted by molar-refractivity contribution is 0.255. The third-order valence-electron chi connectivity index (χ3n) is 3.53. The SMILES string of the molecule is BrCCCN1CCN(c2nc3ccccc3o2)CC1. The second-order valence-corrected chi connectivity index (χ2v) is 5.63. The van der Waals surface area contributed by atoms with Crippen molar-refractivity contribution in [3.63, 3.8) is 0 Å². The number of benzene rings is 1. The van der Waals surface area contributed by atoms with Crippen LogP contribution in [0.4, 0.5) is 6.01 Å². The van der Waals surface area contributed by atoms with E-state index in [1.165, 1.54) is 13.0 Å². The summed E-state index contributed by atoms with van der Waals surface area (Å²) in [5.74, 6) is 0. The molecule has 0 N–H and O–H groups in total. The number of alkyl halides is 1. The Hall–Kier alpha value is -1.07.